The highest BCUT2D eigenvalue weighted by Gasteiger charge is 2.54. The predicted octanol–water partition coefficient (Wildman–Crippen LogP) is 3.93. The Balaban J connectivity index is 1.10. The van der Waals surface area contributed by atoms with Gasteiger partial charge in [-0.05, 0) is 74.1 Å². The van der Waals surface area contributed by atoms with Gasteiger partial charge in [0.05, 0.1) is 5.41 Å². The Bertz CT molecular complexity index is 778. The molecule has 4 nitrogen and oxygen atoms in total. The maximum Gasteiger partial charge on any atom is 0.232 e. The van der Waals surface area contributed by atoms with E-state index in [1.165, 1.54) is 24.8 Å². The second-order valence-electron chi connectivity index (χ2n) is 10.1. The topological polar surface area (TPSA) is 35.6 Å². The SMILES string of the molecule is O=C(NC(=S)N1CCN(C/C=C/c2ccccc2)CC1)C12CC3CC(CC(C3)C1)C2. The van der Waals surface area contributed by atoms with Gasteiger partial charge in [0, 0.05) is 32.7 Å². The second-order valence-corrected chi connectivity index (χ2v) is 10.4. The van der Waals surface area contributed by atoms with Crippen molar-refractivity contribution in [2.24, 2.45) is 23.2 Å². The molecule has 1 aromatic carbocycles. The van der Waals surface area contributed by atoms with Gasteiger partial charge in [-0.2, -0.15) is 0 Å². The van der Waals surface area contributed by atoms with Gasteiger partial charge in [-0.1, -0.05) is 42.5 Å². The summed E-state index contributed by atoms with van der Waals surface area (Å²) >= 11 is 5.66. The minimum atomic E-state index is -0.122. The lowest BCUT2D eigenvalue weighted by Crippen LogP contribution is -2.58. The number of carbonyl (C=O) groups excluding carboxylic acids is 1. The molecule has 0 aromatic heterocycles. The van der Waals surface area contributed by atoms with Crippen molar-refractivity contribution >= 4 is 29.3 Å². The average Bonchev–Trinajstić information content (AvgIpc) is 2.74. The zero-order chi connectivity index (χ0) is 20.6. The van der Waals surface area contributed by atoms with Gasteiger partial charge in [-0.3, -0.25) is 9.69 Å². The summed E-state index contributed by atoms with van der Waals surface area (Å²) in [5.41, 5.74) is 1.12. The van der Waals surface area contributed by atoms with Crippen molar-refractivity contribution in [3.05, 3.63) is 42.0 Å². The molecule has 4 saturated carbocycles. The first-order chi connectivity index (χ1) is 14.6. The molecule has 0 unspecified atom stereocenters. The van der Waals surface area contributed by atoms with Crippen LogP contribution in [-0.4, -0.2) is 53.5 Å². The molecule has 1 saturated heterocycles. The molecule has 5 fully saturated rings. The first-order valence-corrected chi connectivity index (χ1v) is 12.0. The standard InChI is InChI=1S/C25H33N3OS/c29-23(25-16-20-13-21(17-25)15-22(14-20)18-25)26-24(30)28-11-9-27(10-12-28)8-4-7-19-5-2-1-3-6-19/h1-7,20-22H,8-18H2,(H,26,29,30)/b7-4+. The number of carbonyl (C=O) groups is 1. The molecule has 5 heteroatoms. The lowest BCUT2D eigenvalue weighted by atomic mass is 9.49. The fourth-order valence-electron chi connectivity index (χ4n) is 6.73. The molecule has 5 aliphatic rings. The Morgan fingerprint density at radius 1 is 1.00 bits per heavy atom. The molecular weight excluding hydrogens is 390 g/mol. The van der Waals surface area contributed by atoms with Crippen LogP contribution in [0.2, 0.25) is 0 Å². The van der Waals surface area contributed by atoms with Crippen molar-refractivity contribution in [2.45, 2.75) is 38.5 Å². The second kappa shape index (κ2) is 8.43. The van der Waals surface area contributed by atoms with E-state index in [0.29, 0.717) is 5.11 Å². The normalized spacial score (nSPS) is 33.2. The largest absolute Gasteiger partial charge is 0.346 e. The molecule has 1 heterocycles. The van der Waals surface area contributed by atoms with Gasteiger partial charge < -0.3 is 10.2 Å². The molecule has 1 aliphatic heterocycles. The highest BCUT2D eigenvalue weighted by Crippen LogP contribution is 2.60. The molecule has 6 rings (SSSR count). The van der Waals surface area contributed by atoms with E-state index in [1.54, 1.807) is 0 Å². The molecule has 4 bridgehead atoms. The number of hydrogen-bond acceptors (Lipinski definition) is 3. The van der Waals surface area contributed by atoms with E-state index in [-0.39, 0.29) is 11.3 Å². The van der Waals surface area contributed by atoms with E-state index in [9.17, 15) is 4.79 Å². The number of nitrogens with one attached hydrogen (secondary N) is 1. The van der Waals surface area contributed by atoms with Gasteiger partial charge in [-0.15, -0.1) is 0 Å². The molecule has 0 radical (unpaired) electrons. The number of rotatable bonds is 4. The Labute approximate surface area is 185 Å². The summed E-state index contributed by atoms with van der Waals surface area (Å²) in [4.78, 5) is 17.9. The molecule has 30 heavy (non-hydrogen) atoms. The van der Waals surface area contributed by atoms with Crippen molar-refractivity contribution < 1.29 is 4.79 Å². The van der Waals surface area contributed by atoms with Crippen molar-refractivity contribution in [2.75, 3.05) is 32.7 Å². The minimum absolute atomic E-state index is 0.122. The lowest BCUT2D eigenvalue weighted by Gasteiger charge is -2.55. The first-order valence-electron chi connectivity index (χ1n) is 11.6. The monoisotopic (exact) mass is 423 g/mol. The van der Waals surface area contributed by atoms with Gasteiger partial charge in [0.1, 0.15) is 0 Å². The minimum Gasteiger partial charge on any atom is -0.346 e. The fraction of sp³-hybridized carbons (Fsp3) is 0.600. The van der Waals surface area contributed by atoms with E-state index < -0.39 is 0 Å². The smallest absolute Gasteiger partial charge is 0.232 e. The van der Waals surface area contributed by atoms with Crippen LogP contribution in [0.25, 0.3) is 6.08 Å². The summed E-state index contributed by atoms with van der Waals surface area (Å²) in [6, 6.07) is 10.4. The van der Waals surface area contributed by atoms with Crippen molar-refractivity contribution in [1.29, 1.82) is 0 Å². The van der Waals surface area contributed by atoms with Crippen molar-refractivity contribution in [3.8, 4) is 0 Å². The maximum absolute atomic E-state index is 13.2. The summed E-state index contributed by atoms with van der Waals surface area (Å²) < 4.78 is 0. The maximum atomic E-state index is 13.2. The van der Waals surface area contributed by atoms with E-state index in [1.807, 2.05) is 6.07 Å². The number of hydrogen-bond donors (Lipinski definition) is 1. The molecule has 160 valence electrons. The third kappa shape index (κ3) is 4.19. The summed E-state index contributed by atoms with van der Waals surface area (Å²) in [7, 11) is 0. The van der Waals surface area contributed by atoms with Crippen molar-refractivity contribution in [3.63, 3.8) is 0 Å². The Hall–Kier alpha value is -1.72. The van der Waals surface area contributed by atoms with Crippen LogP contribution < -0.4 is 5.32 Å². The summed E-state index contributed by atoms with van der Waals surface area (Å²) in [6.45, 7) is 4.69. The predicted molar refractivity (Wildman–Crippen MR) is 125 cm³/mol. The van der Waals surface area contributed by atoms with Crippen LogP contribution in [0.15, 0.2) is 36.4 Å². The molecule has 1 aromatic rings. The van der Waals surface area contributed by atoms with E-state index in [2.05, 4.69) is 51.5 Å². The summed E-state index contributed by atoms with van der Waals surface area (Å²) in [5, 5.41) is 3.82. The van der Waals surface area contributed by atoms with Crippen LogP contribution in [0, 0.1) is 23.2 Å². The Morgan fingerprint density at radius 2 is 1.60 bits per heavy atom. The van der Waals surface area contributed by atoms with Crippen LogP contribution in [0.4, 0.5) is 0 Å². The Morgan fingerprint density at radius 3 is 2.20 bits per heavy atom. The number of piperazine rings is 1. The van der Waals surface area contributed by atoms with E-state index >= 15 is 0 Å². The summed E-state index contributed by atoms with van der Waals surface area (Å²) in [5.74, 6) is 2.56. The molecule has 0 spiro atoms. The number of nitrogens with zero attached hydrogens (tertiary/aromatic N) is 2. The Kier molecular flexibility index (Phi) is 5.67. The zero-order valence-corrected chi connectivity index (χ0v) is 18.6. The van der Waals surface area contributed by atoms with Crippen LogP contribution in [0.5, 0.6) is 0 Å². The first kappa shape index (κ1) is 20.2. The van der Waals surface area contributed by atoms with Crippen LogP contribution in [0.1, 0.15) is 44.1 Å². The quantitative estimate of drug-likeness (QED) is 0.744. The van der Waals surface area contributed by atoms with Gasteiger partial charge in [0.15, 0.2) is 5.11 Å². The fourth-order valence-corrected chi connectivity index (χ4v) is 7.01. The van der Waals surface area contributed by atoms with Gasteiger partial charge in [0.2, 0.25) is 5.91 Å². The molecular formula is C25H33N3OS. The van der Waals surface area contributed by atoms with Gasteiger partial charge in [-0.25, -0.2) is 0 Å². The zero-order valence-electron chi connectivity index (χ0n) is 17.8. The van der Waals surface area contributed by atoms with Gasteiger partial charge >= 0.3 is 0 Å². The average molecular weight is 424 g/mol. The van der Waals surface area contributed by atoms with E-state index in [4.69, 9.17) is 12.2 Å². The number of amides is 1. The van der Waals surface area contributed by atoms with Crippen LogP contribution in [0.3, 0.4) is 0 Å². The van der Waals surface area contributed by atoms with E-state index in [0.717, 1.165) is 69.7 Å². The number of benzene rings is 1. The lowest BCUT2D eigenvalue weighted by molar-refractivity contribution is -0.144. The third-order valence-electron chi connectivity index (χ3n) is 7.87. The van der Waals surface area contributed by atoms with Crippen molar-refractivity contribution in [1.82, 2.24) is 15.1 Å². The highest BCUT2D eigenvalue weighted by atomic mass is 32.1. The third-order valence-corrected chi connectivity index (χ3v) is 8.23. The molecule has 4 aliphatic carbocycles. The molecule has 0 atom stereocenters. The molecule has 1 amide bonds. The molecule has 1 N–H and O–H groups in total. The summed E-state index contributed by atoms with van der Waals surface area (Å²) in [6.07, 6.45) is 11.8. The van der Waals surface area contributed by atoms with Crippen LogP contribution in [-0.2, 0) is 4.79 Å². The van der Waals surface area contributed by atoms with Crippen LogP contribution >= 0.6 is 12.2 Å². The number of thiocarbonyl (C=S) groups is 1. The highest BCUT2D eigenvalue weighted by molar-refractivity contribution is 7.80. The van der Waals surface area contributed by atoms with Gasteiger partial charge in [0.25, 0.3) is 0 Å².